The highest BCUT2D eigenvalue weighted by atomic mass is 16.5. The van der Waals surface area contributed by atoms with E-state index in [1.165, 1.54) is 7.11 Å². The summed E-state index contributed by atoms with van der Waals surface area (Å²) in [5, 5.41) is 2.92. The molecular weight excluding hydrogens is 346 g/mol. The van der Waals surface area contributed by atoms with E-state index in [9.17, 15) is 14.4 Å². The summed E-state index contributed by atoms with van der Waals surface area (Å²) >= 11 is 0. The smallest absolute Gasteiger partial charge is 0.337 e. The average Bonchev–Trinajstić information content (AvgIpc) is 3.11. The van der Waals surface area contributed by atoms with E-state index in [2.05, 4.69) is 10.1 Å². The number of benzene rings is 1. The van der Waals surface area contributed by atoms with Crippen LogP contribution in [-0.2, 0) is 9.53 Å². The number of carbonyl (C=O) groups excluding carboxylic acids is 3. The van der Waals surface area contributed by atoms with Crippen molar-refractivity contribution in [3.63, 3.8) is 0 Å². The van der Waals surface area contributed by atoms with E-state index in [0.29, 0.717) is 17.7 Å². The first kappa shape index (κ1) is 19.2. The predicted molar refractivity (Wildman–Crippen MR) is 102 cm³/mol. The number of hydrogen-bond donors (Lipinski definition) is 1. The summed E-state index contributed by atoms with van der Waals surface area (Å²) in [6.07, 6.45) is 5.48. The summed E-state index contributed by atoms with van der Waals surface area (Å²) in [6, 6.07) is 6.69. The number of piperidine rings is 1. The van der Waals surface area contributed by atoms with Crippen molar-refractivity contribution in [2.75, 3.05) is 32.1 Å². The lowest BCUT2D eigenvalue weighted by molar-refractivity contribution is -0.127. The van der Waals surface area contributed by atoms with Crippen LogP contribution in [0, 0.1) is 0 Å². The summed E-state index contributed by atoms with van der Waals surface area (Å²) in [4.78, 5) is 39.9. The summed E-state index contributed by atoms with van der Waals surface area (Å²) in [5.74, 6) is -0.173. The molecule has 1 atom stereocenters. The topological polar surface area (TPSA) is 79.0 Å². The number of nitrogens with one attached hydrogen (secondary N) is 1. The Bertz CT molecular complexity index is 689. The lowest BCUT2D eigenvalue weighted by atomic mass is 9.99. The van der Waals surface area contributed by atoms with Crippen molar-refractivity contribution in [3.05, 3.63) is 29.8 Å². The number of anilines is 1. The van der Waals surface area contributed by atoms with Crippen molar-refractivity contribution in [1.82, 2.24) is 9.80 Å². The van der Waals surface area contributed by atoms with Crippen molar-refractivity contribution in [2.24, 2.45) is 0 Å². The van der Waals surface area contributed by atoms with Crippen LogP contribution in [0.3, 0.4) is 0 Å². The molecule has 1 aromatic rings. The maximum absolute atomic E-state index is 12.8. The number of urea groups is 1. The number of hydrogen-bond acceptors (Lipinski definition) is 4. The Morgan fingerprint density at radius 1 is 1.15 bits per heavy atom. The monoisotopic (exact) mass is 373 g/mol. The van der Waals surface area contributed by atoms with Crippen LogP contribution < -0.4 is 5.32 Å². The van der Waals surface area contributed by atoms with Crippen LogP contribution in [0.5, 0.6) is 0 Å². The zero-order chi connectivity index (χ0) is 19.2. The van der Waals surface area contributed by atoms with E-state index in [1.807, 2.05) is 9.80 Å². The van der Waals surface area contributed by atoms with Crippen molar-refractivity contribution < 1.29 is 19.1 Å². The Balaban J connectivity index is 1.57. The van der Waals surface area contributed by atoms with E-state index in [1.54, 1.807) is 24.3 Å². The van der Waals surface area contributed by atoms with E-state index >= 15 is 0 Å². The minimum absolute atomic E-state index is 0.127. The molecule has 1 aromatic carbocycles. The maximum Gasteiger partial charge on any atom is 0.337 e. The predicted octanol–water partition coefficient (Wildman–Crippen LogP) is 2.87. The molecule has 0 aliphatic carbocycles. The van der Waals surface area contributed by atoms with Crippen molar-refractivity contribution in [2.45, 2.75) is 44.6 Å². The van der Waals surface area contributed by atoms with Crippen LogP contribution in [0.2, 0.25) is 0 Å². The molecule has 3 rings (SSSR count). The molecule has 146 valence electrons. The van der Waals surface area contributed by atoms with E-state index in [-0.39, 0.29) is 18.0 Å². The third-order valence-electron chi connectivity index (χ3n) is 5.35. The van der Waals surface area contributed by atoms with Gasteiger partial charge < -0.3 is 19.9 Å². The first-order valence-electron chi connectivity index (χ1n) is 9.62. The normalized spacial score (nSPS) is 19.9. The molecule has 7 heteroatoms. The number of likely N-dealkylation sites (tertiary alicyclic amines) is 2. The number of carbonyl (C=O) groups is 3. The van der Waals surface area contributed by atoms with E-state index < -0.39 is 5.97 Å². The van der Waals surface area contributed by atoms with Crippen molar-refractivity contribution in [1.29, 1.82) is 0 Å². The molecule has 1 N–H and O–H groups in total. The number of rotatable bonds is 5. The molecule has 7 nitrogen and oxygen atoms in total. The Morgan fingerprint density at radius 3 is 2.59 bits per heavy atom. The fraction of sp³-hybridized carbons (Fsp3) is 0.550. The molecule has 27 heavy (non-hydrogen) atoms. The molecule has 2 aliphatic heterocycles. The highest BCUT2D eigenvalue weighted by Gasteiger charge is 2.28. The molecule has 2 aliphatic rings. The van der Waals surface area contributed by atoms with Gasteiger partial charge in [0.25, 0.3) is 0 Å². The van der Waals surface area contributed by atoms with Gasteiger partial charge in [-0.3, -0.25) is 4.79 Å². The Labute approximate surface area is 159 Å². The van der Waals surface area contributed by atoms with Crippen LogP contribution in [0.1, 0.15) is 48.9 Å². The lowest BCUT2D eigenvalue weighted by Crippen LogP contribution is -2.47. The van der Waals surface area contributed by atoms with Gasteiger partial charge in [0, 0.05) is 37.8 Å². The lowest BCUT2D eigenvalue weighted by Gasteiger charge is -2.36. The van der Waals surface area contributed by atoms with E-state index in [0.717, 1.165) is 51.7 Å². The van der Waals surface area contributed by atoms with Crippen LogP contribution in [0.25, 0.3) is 0 Å². The molecule has 2 fully saturated rings. The van der Waals surface area contributed by atoms with Crippen LogP contribution in [0.15, 0.2) is 24.3 Å². The highest BCUT2D eigenvalue weighted by Crippen LogP contribution is 2.22. The third-order valence-corrected chi connectivity index (χ3v) is 5.35. The minimum atomic E-state index is -0.402. The van der Waals surface area contributed by atoms with Gasteiger partial charge >= 0.3 is 12.0 Å². The van der Waals surface area contributed by atoms with Gasteiger partial charge in [-0.1, -0.05) is 0 Å². The zero-order valence-corrected chi connectivity index (χ0v) is 15.8. The summed E-state index contributed by atoms with van der Waals surface area (Å²) < 4.78 is 4.68. The molecular formula is C20H27N3O4. The van der Waals surface area contributed by atoms with Gasteiger partial charge in [0.2, 0.25) is 5.91 Å². The van der Waals surface area contributed by atoms with E-state index in [4.69, 9.17) is 0 Å². The standard InChI is InChI=1S/C20H27N3O4/c1-27-19(25)15-7-9-16(10-8-15)21-20(26)23-13-3-2-5-17(23)11-14-22-12-4-6-18(22)24/h7-10,17H,2-6,11-14H2,1H3,(H,21,26). The van der Waals surface area contributed by atoms with Gasteiger partial charge in [0.15, 0.2) is 0 Å². The van der Waals surface area contributed by atoms with Crippen LogP contribution >= 0.6 is 0 Å². The van der Waals surface area contributed by atoms with Gasteiger partial charge in [0.05, 0.1) is 12.7 Å². The van der Waals surface area contributed by atoms with Gasteiger partial charge in [-0.15, -0.1) is 0 Å². The van der Waals surface area contributed by atoms with Crippen LogP contribution in [-0.4, -0.2) is 60.5 Å². The van der Waals surface area contributed by atoms with Crippen molar-refractivity contribution in [3.8, 4) is 0 Å². The fourth-order valence-corrected chi connectivity index (χ4v) is 3.82. The number of esters is 1. The first-order chi connectivity index (χ1) is 13.1. The molecule has 0 spiro atoms. The third kappa shape index (κ3) is 4.78. The Hall–Kier alpha value is -2.57. The quantitative estimate of drug-likeness (QED) is 0.805. The Morgan fingerprint density at radius 2 is 1.93 bits per heavy atom. The highest BCUT2D eigenvalue weighted by molar-refractivity contribution is 5.92. The molecule has 0 bridgehead atoms. The second-order valence-electron chi connectivity index (χ2n) is 7.12. The summed E-state index contributed by atoms with van der Waals surface area (Å²) in [5.41, 5.74) is 1.09. The minimum Gasteiger partial charge on any atom is -0.465 e. The average molecular weight is 373 g/mol. The van der Waals surface area contributed by atoms with Crippen molar-refractivity contribution >= 4 is 23.6 Å². The van der Waals surface area contributed by atoms with Gasteiger partial charge in [-0.25, -0.2) is 9.59 Å². The molecule has 0 radical (unpaired) electrons. The van der Waals surface area contributed by atoms with Gasteiger partial charge in [-0.2, -0.15) is 0 Å². The molecule has 1 unspecified atom stereocenters. The maximum atomic E-state index is 12.8. The second-order valence-corrected chi connectivity index (χ2v) is 7.12. The Kier molecular flexibility index (Phi) is 6.32. The number of methoxy groups -OCH3 is 1. The number of nitrogens with zero attached hydrogens (tertiary/aromatic N) is 2. The molecule has 2 heterocycles. The van der Waals surface area contributed by atoms with Gasteiger partial charge in [-0.05, 0) is 56.4 Å². The SMILES string of the molecule is COC(=O)c1ccc(NC(=O)N2CCCCC2CCN2CCCC2=O)cc1. The first-order valence-corrected chi connectivity index (χ1v) is 9.62. The van der Waals surface area contributed by atoms with Gasteiger partial charge in [0.1, 0.15) is 0 Å². The van der Waals surface area contributed by atoms with Crippen LogP contribution in [0.4, 0.5) is 10.5 Å². The molecule has 0 saturated carbocycles. The second kappa shape index (κ2) is 8.88. The summed E-state index contributed by atoms with van der Waals surface area (Å²) in [7, 11) is 1.34. The largest absolute Gasteiger partial charge is 0.465 e. The molecule has 2 saturated heterocycles. The molecule has 3 amide bonds. The number of ether oxygens (including phenoxy) is 1. The number of amides is 3. The molecule has 0 aromatic heterocycles. The summed E-state index contributed by atoms with van der Waals surface area (Å²) in [6.45, 7) is 2.29. The zero-order valence-electron chi connectivity index (χ0n) is 15.8. The fourth-order valence-electron chi connectivity index (χ4n) is 3.82.